The number of amides is 2. The van der Waals surface area contributed by atoms with Gasteiger partial charge < -0.3 is 24.6 Å². The molecular formula is C20H25N3O3. The molecule has 2 aromatic carbocycles. The number of carbonyl (C=O) groups is 1. The summed E-state index contributed by atoms with van der Waals surface area (Å²) in [6, 6.07) is 15.7. The van der Waals surface area contributed by atoms with Crippen LogP contribution < -0.4 is 19.7 Å². The van der Waals surface area contributed by atoms with Gasteiger partial charge in [-0.05, 0) is 42.0 Å². The van der Waals surface area contributed by atoms with Crippen LogP contribution in [0.3, 0.4) is 0 Å². The molecule has 6 heteroatoms. The lowest BCUT2D eigenvalue weighted by Gasteiger charge is -2.36. The minimum Gasteiger partial charge on any atom is -0.497 e. The Bertz CT molecular complexity index is 708. The summed E-state index contributed by atoms with van der Waals surface area (Å²) < 4.78 is 10.3. The summed E-state index contributed by atoms with van der Waals surface area (Å²) in [6.07, 6.45) is 0. The number of hydrogen-bond acceptors (Lipinski definition) is 4. The summed E-state index contributed by atoms with van der Waals surface area (Å²) in [4.78, 5) is 16.5. The maximum atomic E-state index is 12.4. The highest BCUT2D eigenvalue weighted by Gasteiger charge is 2.21. The Labute approximate surface area is 154 Å². The van der Waals surface area contributed by atoms with Gasteiger partial charge in [-0.1, -0.05) is 12.1 Å². The molecule has 0 saturated carbocycles. The molecule has 26 heavy (non-hydrogen) atoms. The van der Waals surface area contributed by atoms with Gasteiger partial charge in [0, 0.05) is 38.4 Å². The average molecular weight is 355 g/mol. The molecule has 0 radical (unpaired) electrons. The molecule has 0 atom stereocenters. The minimum absolute atomic E-state index is 0.0183. The van der Waals surface area contributed by atoms with Crippen molar-refractivity contribution in [1.82, 2.24) is 10.2 Å². The van der Waals surface area contributed by atoms with E-state index in [2.05, 4.69) is 22.3 Å². The average Bonchev–Trinajstić information content (AvgIpc) is 2.72. The molecule has 0 bridgehead atoms. The molecule has 6 nitrogen and oxygen atoms in total. The number of hydrogen-bond donors (Lipinski definition) is 1. The van der Waals surface area contributed by atoms with E-state index >= 15 is 0 Å². The number of nitrogens with zero attached hydrogens (tertiary/aromatic N) is 2. The van der Waals surface area contributed by atoms with Crippen LogP contribution in [0.15, 0.2) is 48.5 Å². The Morgan fingerprint density at radius 3 is 1.96 bits per heavy atom. The van der Waals surface area contributed by atoms with E-state index in [-0.39, 0.29) is 6.03 Å². The first-order valence-electron chi connectivity index (χ1n) is 8.74. The largest absolute Gasteiger partial charge is 0.497 e. The van der Waals surface area contributed by atoms with Gasteiger partial charge in [-0.15, -0.1) is 0 Å². The maximum Gasteiger partial charge on any atom is 0.317 e. The van der Waals surface area contributed by atoms with Crippen molar-refractivity contribution in [3.05, 3.63) is 54.1 Å². The van der Waals surface area contributed by atoms with E-state index in [0.717, 1.165) is 35.8 Å². The first-order chi connectivity index (χ1) is 12.7. The smallest absolute Gasteiger partial charge is 0.317 e. The number of carbonyl (C=O) groups excluding carboxylic acids is 1. The van der Waals surface area contributed by atoms with Gasteiger partial charge in [0.05, 0.1) is 14.2 Å². The molecule has 0 unspecified atom stereocenters. The number of anilines is 1. The summed E-state index contributed by atoms with van der Waals surface area (Å²) in [5, 5.41) is 2.99. The summed E-state index contributed by atoms with van der Waals surface area (Å²) in [5.41, 5.74) is 2.21. The van der Waals surface area contributed by atoms with E-state index in [1.54, 1.807) is 14.2 Å². The third kappa shape index (κ3) is 4.39. The van der Waals surface area contributed by atoms with E-state index in [1.807, 2.05) is 41.3 Å². The molecule has 1 aliphatic heterocycles. The lowest BCUT2D eigenvalue weighted by Crippen LogP contribution is -2.51. The summed E-state index contributed by atoms with van der Waals surface area (Å²) in [5.74, 6) is 1.67. The molecule has 138 valence electrons. The first kappa shape index (κ1) is 17.9. The fraction of sp³-hybridized carbons (Fsp3) is 0.350. The van der Waals surface area contributed by atoms with E-state index < -0.39 is 0 Å². The molecule has 1 N–H and O–H groups in total. The quantitative estimate of drug-likeness (QED) is 0.896. The second kappa shape index (κ2) is 8.47. The number of rotatable bonds is 5. The van der Waals surface area contributed by atoms with Gasteiger partial charge in [0.1, 0.15) is 11.5 Å². The van der Waals surface area contributed by atoms with Crippen molar-refractivity contribution in [1.29, 1.82) is 0 Å². The highest BCUT2D eigenvalue weighted by Crippen LogP contribution is 2.20. The van der Waals surface area contributed by atoms with Crippen molar-refractivity contribution in [3.63, 3.8) is 0 Å². The number of ether oxygens (including phenoxy) is 2. The lowest BCUT2D eigenvalue weighted by molar-refractivity contribution is 0.194. The number of urea groups is 1. The van der Waals surface area contributed by atoms with Crippen molar-refractivity contribution in [2.24, 2.45) is 0 Å². The van der Waals surface area contributed by atoms with Gasteiger partial charge >= 0.3 is 6.03 Å². The molecule has 2 aromatic rings. The number of benzene rings is 2. The zero-order valence-electron chi connectivity index (χ0n) is 15.3. The lowest BCUT2D eigenvalue weighted by atomic mass is 10.2. The molecule has 2 amide bonds. The van der Waals surface area contributed by atoms with E-state index in [1.165, 1.54) is 0 Å². The Kier molecular flexibility index (Phi) is 5.84. The number of nitrogens with one attached hydrogen (secondary N) is 1. The fourth-order valence-corrected chi connectivity index (χ4v) is 2.99. The first-order valence-corrected chi connectivity index (χ1v) is 8.74. The third-order valence-corrected chi connectivity index (χ3v) is 4.61. The van der Waals surface area contributed by atoms with Crippen LogP contribution in [0.4, 0.5) is 10.5 Å². The van der Waals surface area contributed by atoms with Crippen LogP contribution in [0.25, 0.3) is 0 Å². The van der Waals surface area contributed by atoms with Gasteiger partial charge in [-0.25, -0.2) is 4.79 Å². The zero-order chi connectivity index (χ0) is 18.4. The van der Waals surface area contributed by atoms with Crippen LogP contribution in [0, 0.1) is 0 Å². The predicted octanol–water partition coefficient (Wildman–Crippen LogP) is 2.74. The molecule has 1 heterocycles. The van der Waals surface area contributed by atoms with Crippen LogP contribution in [0.5, 0.6) is 11.5 Å². The van der Waals surface area contributed by atoms with Crippen LogP contribution in [-0.2, 0) is 6.54 Å². The Hall–Kier alpha value is -2.89. The fourth-order valence-electron chi connectivity index (χ4n) is 2.99. The van der Waals surface area contributed by atoms with Gasteiger partial charge in [0.25, 0.3) is 0 Å². The van der Waals surface area contributed by atoms with E-state index in [4.69, 9.17) is 9.47 Å². The van der Waals surface area contributed by atoms with Crippen molar-refractivity contribution >= 4 is 11.7 Å². The second-order valence-electron chi connectivity index (χ2n) is 6.18. The molecule has 1 aliphatic rings. The topological polar surface area (TPSA) is 54.0 Å². The standard InChI is InChI=1S/C20H25N3O3/c1-25-18-7-3-16(4-8-18)15-21-20(24)23-13-11-22(12-14-23)17-5-9-19(26-2)10-6-17/h3-10H,11-15H2,1-2H3,(H,21,24). The van der Waals surface area contributed by atoms with Crippen LogP contribution >= 0.6 is 0 Å². The second-order valence-corrected chi connectivity index (χ2v) is 6.18. The van der Waals surface area contributed by atoms with Crippen LogP contribution in [0.1, 0.15) is 5.56 Å². The zero-order valence-corrected chi connectivity index (χ0v) is 15.3. The van der Waals surface area contributed by atoms with Gasteiger partial charge in [-0.2, -0.15) is 0 Å². The highest BCUT2D eigenvalue weighted by molar-refractivity contribution is 5.74. The predicted molar refractivity (Wildman–Crippen MR) is 102 cm³/mol. The van der Waals surface area contributed by atoms with Gasteiger partial charge in [-0.3, -0.25) is 0 Å². The number of methoxy groups -OCH3 is 2. The molecule has 0 aromatic heterocycles. The summed E-state index contributed by atoms with van der Waals surface area (Å²) in [7, 11) is 3.31. The number of piperazine rings is 1. The monoisotopic (exact) mass is 355 g/mol. The molecule has 1 fully saturated rings. The molecular weight excluding hydrogens is 330 g/mol. The summed E-state index contributed by atoms with van der Waals surface area (Å²) >= 11 is 0. The molecule has 3 rings (SSSR count). The Morgan fingerprint density at radius 2 is 1.42 bits per heavy atom. The van der Waals surface area contributed by atoms with Gasteiger partial charge in [0.2, 0.25) is 0 Å². The molecule has 0 aliphatic carbocycles. The third-order valence-electron chi connectivity index (χ3n) is 4.61. The highest BCUT2D eigenvalue weighted by atomic mass is 16.5. The maximum absolute atomic E-state index is 12.4. The van der Waals surface area contributed by atoms with Crippen molar-refractivity contribution < 1.29 is 14.3 Å². The van der Waals surface area contributed by atoms with Gasteiger partial charge in [0.15, 0.2) is 0 Å². The van der Waals surface area contributed by atoms with E-state index in [0.29, 0.717) is 19.6 Å². The van der Waals surface area contributed by atoms with Crippen molar-refractivity contribution in [2.45, 2.75) is 6.54 Å². The minimum atomic E-state index is -0.0183. The Morgan fingerprint density at radius 1 is 0.885 bits per heavy atom. The molecule has 1 saturated heterocycles. The Balaban J connectivity index is 1.46. The SMILES string of the molecule is COc1ccc(CNC(=O)N2CCN(c3ccc(OC)cc3)CC2)cc1. The van der Waals surface area contributed by atoms with E-state index in [9.17, 15) is 4.79 Å². The van der Waals surface area contributed by atoms with Crippen molar-refractivity contribution in [2.75, 3.05) is 45.3 Å². The molecule has 0 spiro atoms. The summed E-state index contributed by atoms with van der Waals surface area (Å²) in [6.45, 7) is 3.58. The van der Waals surface area contributed by atoms with Crippen LogP contribution in [0.2, 0.25) is 0 Å². The normalized spacial score (nSPS) is 14.1. The van der Waals surface area contributed by atoms with Crippen molar-refractivity contribution in [3.8, 4) is 11.5 Å². The van der Waals surface area contributed by atoms with Crippen LogP contribution in [-0.4, -0.2) is 51.3 Å².